The molecule has 2 fully saturated rings. The van der Waals surface area contributed by atoms with Gasteiger partial charge in [-0.3, -0.25) is 14.9 Å². The van der Waals surface area contributed by atoms with E-state index < -0.39 is 34.1 Å². The van der Waals surface area contributed by atoms with Gasteiger partial charge in [0.1, 0.15) is 23.4 Å². The first-order valence-electron chi connectivity index (χ1n) is 13.7. The smallest absolute Gasteiger partial charge is 0.382 e. The zero-order valence-corrected chi connectivity index (χ0v) is 23.1. The molecule has 2 saturated heterocycles. The van der Waals surface area contributed by atoms with E-state index in [-0.39, 0.29) is 23.3 Å². The van der Waals surface area contributed by atoms with Crippen LogP contribution >= 0.6 is 0 Å². The van der Waals surface area contributed by atoms with Gasteiger partial charge in [-0.15, -0.1) is 0 Å². The third-order valence-electron chi connectivity index (χ3n) is 7.69. The lowest BCUT2D eigenvalue weighted by atomic mass is 10.0. The van der Waals surface area contributed by atoms with Crippen LogP contribution in [0.3, 0.4) is 0 Å². The zero-order valence-electron chi connectivity index (χ0n) is 23.1. The summed E-state index contributed by atoms with van der Waals surface area (Å²) in [6, 6.07) is 9.14. The number of nitro benzene ring substituents is 1. The summed E-state index contributed by atoms with van der Waals surface area (Å²) >= 11 is 0. The molecule has 0 aliphatic carbocycles. The molecule has 10 nitrogen and oxygen atoms in total. The lowest BCUT2D eigenvalue weighted by Crippen LogP contribution is -2.47. The van der Waals surface area contributed by atoms with Crippen LogP contribution in [-0.4, -0.2) is 71.0 Å². The van der Waals surface area contributed by atoms with Crippen molar-refractivity contribution in [1.82, 2.24) is 14.9 Å². The van der Waals surface area contributed by atoms with Crippen molar-refractivity contribution in [3.8, 4) is 0 Å². The Bertz CT molecular complexity index is 1500. The van der Waals surface area contributed by atoms with E-state index in [0.29, 0.717) is 63.6 Å². The van der Waals surface area contributed by atoms with Gasteiger partial charge in [0.05, 0.1) is 10.5 Å². The second-order valence-electron chi connectivity index (χ2n) is 10.5. The minimum absolute atomic E-state index is 0.103. The van der Waals surface area contributed by atoms with E-state index in [1.807, 2.05) is 9.80 Å². The molecular weight excluding hydrogens is 596 g/mol. The Morgan fingerprint density at radius 3 is 2.07 bits per heavy atom. The summed E-state index contributed by atoms with van der Waals surface area (Å²) in [6.45, 7) is 2.78. The van der Waals surface area contributed by atoms with Gasteiger partial charge in [-0.05, 0) is 49.2 Å². The van der Waals surface area contributed by atoms with E-state index in [4.69, 9.17) is 0 Å². The Kier molecular flexibility index (Phi) is 8.52. The molecule has 2 aliphatic heterocycles. The molecule has 234 valence electrons. The molecule has 0 unspecified atom stereocenters. The maximum atomic E-state index is 13.3. The van der Waals surface area contributed by atoms with Gasteiger partial charge in [0, 0.05) is 68.8 Å². The highest BCUT2D eigenvalue weighted by Crippen LogP contribution is 2.38. The van der Waals surface area contributed by atoms with Crippen LogP contribution in [0.5, 0.6) is 0 Å². The highest BCUT2D eigenvalue weighted by atomic mass is 19.4. The largest absolute Gasteiger partial charge is 0.423 e. The number of piperidine rings is 1. The number of anilines is 3. The second kappa shape index (κ2) is 12.2. The Labute approximate surface area is 247 Å². The van der Waals surface area contributed by atoms with E-state index in [1.165, 1.54) is 24.5 Å². The number of hydrogen-bond acceptors (Lipinski definition) is 8. The fourth-order valence-corrected chi connectivity index (χ4v) is 5.33. The minimum atomic E-state index is -4.88. The van der Waals surface area contributed by atoms with Gasteiger partial charge in [-0.2, -0.15) is 26.3 Å². The van der Waals surface area contributed by atoms with Crippen LogP contribution in [0, 0.1) is 10.1 Å². The number of nitro groups is 1. The number of nitrogens with one attached hydrogen (secondary N) is 1. The van der Waals surface area contributed by atoms with Gasteiger partial charge >= 0.3 is 12.4 Å². The number of likely N-dealkylation sites (tertiary alicyclic amines) is 1. The molecule has 3 heterocycles. The van der Waals surface area contributed by atoms with Crippen molar-refractivity contribution in [3.05, 3.63) is 81.8 Å². The van der Waals surface area contributed by atoms with Gasteiger partial charge in [0.2, 0.25) is 0 Å². The number of benzene rings is 2. The van der Waals surface area contributed by atoms with Crippen molar-refractivity contribution >= 4 is 28.8 Å². The van der Waals surface area contributed by atoms with Gasteiger partial charge in [0.25, 0.3) is 11.6 Å². The Balaban J connectivity index is 1.15. The number of carbonyl (C=O) groups excluding carboxylic acids is 1. The molecule has 2 aliphatic rings. The highest BCUT2D eigenvalue weighted by Gasteiger charge is 2.38. The summed E-state index contributed by atoms with van der Waals surface area (Å²) < 4.78 is 78.6. The molecule has 0 spiro atoms. The van der Waals surface area contributed by atoms with Crippen LogP contribution in [0.25, 0.3) is 0 Å². The molecule has 2 aromatic carbocycles. The number of piperazine rings is 1. The topological polar surface area (TPSA) is 108 Å². The molecule has 44 heavy (non-hydrogen) atoms. The number of nitrogens with zero attached hydrogens (tertiary/aromatic N) is 6. The highest BCUT2D eigenvalue weighted by molar-refractivity contribution is 5.93. The maximum absolute atomic E-state index is 13.3. The van der Waals surface area contributed by atoms with Gasteiger partial charge in [0.15, 0.2) is 0 Å². The number of hydrogen-bond donors (Lipinski definition) is 1. The molecule has 0 radical (unpaired) electrons. The number of amides is 1. The predicted octanol–water partition coefficient (Wildman–Crippen LogP) is 5.47. The van der Waals surface area contributed by atoms with Crippen LogP contribution in [-0.2, 0) is 12.4 Å². The maximum Gasteiger partial charge on any atom is 0.423 e. The third-order valence-corrected chi connectivity index (χ3v) is 7.69. The van der Waals surface area contributed by atoms with Crippen LogP contribution in [0.2, 0.25) is 0 Å². The molecule has 3 aromatic rings. The summed E-state index contributed by atoms with van der Waals surface area (Å²) in [5.74, 6) is 0.232. The second-order valence-corrected chi connectivity index (χ2v) is 10.5. The normalized spacial score (nSPS) is 16.6. The van der Waals surface area contributed by atoms with E-state index in [0.717, 1.165) is 24.3 Å². The Hall–Kier alpha value is -4.63. The van der Waals surface area contributed by atoms with Crippen LogP contribution in [0.1, 0.15) is 34.5 Å². The average molecular weight is 624 g/mol. The van der Waals surface area contributed by atoms with E-state index >= 15 is 0 Å². The van der Waals surface area contributed by atoms with E-state index in [1.54, 1.807) is 11.0 Å². The lowest BCUT2D eigenvalue weighted by Gasteiger charge is -2.37. The summed E-state index contributed by atoms with van der Waals surface area (Å²) in [7, 11) is 0. The molecule has 0 bridgehead atoms. The van der Waals surface area contributed by atoms with Crippen LogP contribution < -0.4 is 15.1 Å². The molecule has 1 N–H and O–H groups in total. The molecule has 1 aromatic heterocycles. The Morgan fingerprint density at radius 2 is 1.48 bits per heavy atom. The molecule has 0 atom stereocenters. The fourth-order valence-electron chi connectivity index (χ4n) is 5.33. The van der Waals surface area contributed by atoms with Crippen molar-refractivity contribution in [2.45, 2.75) is 31.2 Å². The van der Waals surface area contributed by atoms with E-state index in [2.05, 4.69) is 15.3 Å². The molecule has 0 saturated carbocycles. The van der Waals surface area contributed by atoms with E-state index in [9.17, 15) is 41.3 Å². The lowest BCUT2D eigenvalue weighted by molar-refractivity contribution is -0.388. The fraction of sp³-hybridized carbons (Fsp3) is 0.393. The van der Waals surface area contributed by atoms with Crippen molar-refractivity contribution < 1.29 is 36.1 Å². The molecule has 1 amide bonds. The first-order valence-corrected chi connectivity index (χ1v) is 13.7. The minimum Gasteiger partial charge on any atom is -0.382 e. The standard InChI is InChI=1S/C28H27F6N7O3/c29-27(30,31)18-1-4-21(5-2-18)38-11-13-39(14-12-38)25-16-23(35-17-36-25)26(42)40-9-7-19(8-10-40)37-20-3-6-24(41(43)44)22(15-20)28(32,33)34/h1-6,15-17,19,37H,7-14H2. The van der Waals surface area contributed by atoms with Crippen LogP contribution in [0.15, 0.2) is 54.9 Å². The molecular formula is C28H27F6N7O3. The third kappa shape index (κ3) is 6.94. The first-order chi connectivity index (χ1) is 20.8. The number of alkyl halides is 6. The summed E-state index contributed by atoms with van der Waals surface area (Å²) in [6.07, 6.45) is -7.11. The first kappa shape index (κ1) is 30.8. The number of aromatic nitrogens is 2. The van der Waals surface area contributed by atoms with Crippen molar-refractivity contribution in [3.63, 3.8) is 0 Å². The predicted molar refractivity (Wildman–Crippen MR) is 149 cm³/mol. The number of carbonyl (C=O) groups is 1. The van der Waals surface area contributed by atoms with Crippen molar-refractivity contribution in [1.29, 1.82) is 0 Å². The summed E-state index contributed by atoms with van der Waals surface area (Å²) in [5, 5.41) is 14.0. The summed E-state index contributed by atoms with van der Waals surface area (Å²) in [5.41, 5.74) is -2.08. The van der Waals surface area contributed by atoms with Crippen molar-refractivity contribution in [2.75, 3.05) is 54.4 Å². The molecule has 16 heteroatoms. The number of halogens is 6. The quantitative estimate of drug-likeness (QED) is 0.219. The van der Waals surface area contributed by atoms with Gasteiger partial charge in [-0.1, -0.05) is 0 Å². The zero-order chi connectivity index (χ0) is 31.6. The summed E-state index contributed by atoms with van der Waals surface area (Å²) in [4.78, 5) is 37.1. The number of rotatable bonds is 6. The van der Waals surface area contributed by atoms with Crippen molar-refractivity contribution in [2.24, 2.45) is 0 Å². The Morgan fingerprint density at radius 1 is 0.841 bits per heavy atom. The van der Waals surface area contributed by atoms with Gasteiger partial charge < -0.3 is 20.0 Å². The van der Waals surface area contributed by atoms with Gasteiger partial charge in [-0.25, -0.2) is 9.97 Å². The SMILES string of the molecule is O=C(c1cc(N2CCN(c3ccc(C(F)(F)F)cc3)CC2)ncn1)N1CCC(Nc2ccc([N+](=O)[O-])c(C(F)(F)F)c2)CC1. The average Bonchev–Trinajstić information content (AvgIpc) is 3.00. The van der Waals surface area contributed by atoms with Crippen LogP contribution in [0.4, 0.5) is 49.2 Å². The monoisotopic (exact) mass is 623 g/mol. The molecule has 5 rings (SSSR count).